The van der Waals surface area contributed by atoms with Crippen molar-refractivity contribution in [3.8, 4) is 0 Å². The van der Waals surface area contributed by atoms with E-state index in [9.17, 15) is 18.8 Å². The Kier molecular flexibility index (Phi) is 6.49. The number of hydrogen-bond donors (Lipinski definition) is 0. The van der Waals surface area contributed by atoms with E-state index in [1.54, 1.807) is 72.2 Å². The molecule has 0 bridgehead atoms. The fraction of sp³-hybridized carbons (Fsp3) is 0.192. The Bertz CT molecular complexity index is 1340. The molecule has 0 saturated carbocycles. The first kappa shape index (κ1) is 22.2. The molecule has 3 aromatic carbocycles. The van der Waals surface area contributed by atoms with E-state index >= 15 is 0 Å². The average molecular weight is 446 g/mol. The van der Waals surface area contributed by atoms with E-state index in [1.807, 2.05) is 0 Å². The number of rotatable bonds is 7. The van der Waals surface area contributed by atoms with Crippen LogP contribution in [0, 0.1) is 5.82 Å². The number of aromatic nitrogens is 1. The van der Waals surface area contributed by atoms with Gasteiger partial charge in [-0.2, -0.15) is 0 Å². The van der Waals surface area contributed by atoms with Crippen LogP contribution in [-0.2, 0) is 27.4 Å². The van der Waals surface area contributed by atoms with Crippen molar-refractivity contribution in [2.45, 2.75) is 20.0 Å². The van der Waals surface area contributed by atoms with Gasteiger partial charge in [-0.3, -0.25) is 14.4 Å². The second-order valence-electron chi connectivity index (χ2n) is 7.65. The summed E-state index contributed by atoms with van der Waals surface area (Å²) in [6, 6.07) is 20.2. The Morgan fingerprint density at radius 2 is 1.58 bits per heavy atom. The first-order chi connectivity index (χ1) is 16.0. The molecule has 7 heteroatoms. The normalized spacial score (nSPS) is 11.0. The molecular weight excluding hydrogens is 423 g/mol. The van der Waals surface area contributed by atoms with Gasteiger partial charge in [-0.25, -0.2) is 4.39 Å². The summed E-state index contributed by atoms with van der Waals surface area (Å²) >= 11 is 0. The van der Waals surface area contributed by atoms with E-state index < -0.39 is 12.6 Å². The molecular formula is C26H23FN2O4. The minimum absolute atomic E-state index is 0.100. The van der Waals surface area contributed by atoms with Crippen molar-refractivity contribution >= 4 is 33.7 Å². The fourth-order valence-corrected chi connectivity index (χ4v) is 3.89. The molecule has 0 fully saturated rings. The van der Waals surface area contributed by atoms with Gasteiger partial charge < -0.3 is 14.2 Å². The molecule has 0 spiro atoms. The zero-order valence-corrected chi connectivity index (χ0v) is 18.2. The van der Waals surface area contributed by atoms with Crippen LogP contribution in [-0.4, -0.2) is 34.5 Å². The van der Waals surface area contributed by atoms with Gasteiger partial charge in [-0.1, -0.05) is 36.4 Å². The van der Waals surface area contributed by atoms with E-state index in [2.05, 4.69) is 0 Å². The van der Waals surface area contributed by atoms with Gasteiger partial charge in [0.15, 0.2) is 12.0 Å². The fourth-order valence-electron chi connectivity index (χ4n) is 3.89. The highest BCUT2D eigenvalue weighted by Crippen LogP contribution is 2.19. The molecule has 1 heterocycles. The lowest BCUT2D eigenvalue weighted by atomic mass is 10.1. The molecule has 1 aromatic heterocycles. The van der Waals surface area contributed by atoms with Crippen molar-refractivity contribution in [2.75, 3.05) is 13.2 Å². The molecule has 168 valence electrons. The Balaban J connectivity index is 1.50. The van der Waals surface area contributed by atoms with Gasteiger partial charge in [0.1, 0.15) is 12.4 Å². The van der Waals surface area contributed by atoms with Gasteiger partial charge in [0.2, 0.25) is 0 Å². The minimum atomic E-state index is -0.593. The largest absolute Gasteiger partial charge is 0.454 e. The number of fused-ring (bicyclic) bond motifs is 2. The molecule has 0 unspecified atom stereocenters. The summed E-state index contributed by atoms with van der Waals surface area (Å²) in [5, 5.41) is 1.01. The number of hydrogen-bond acceptors (Lipinski definition) is 4. The number of esters is 1. The lowest BCUT2D eigenvalue weighted by Crippen LogP contribution is -2.34. The summed E-state index contributed by atoms with van der Waals surface area (Å²) in [6.45, 7) is 1.85. The van der Waals surface area contributed by atoms with Crippen LogP contribution in [0.3, 0.4) is 0 Å². The van der Waals surface area contributed by atoms with Crippen LogP contribution < -0.4 is 5.43 Å². The molecule has 4 rings (SSSR count). The lowest BCUT2D eigenvalue weighted by Gasteiger charge is -2.21. The molecule has 1 amide bonds. The third kappa shape index (κ3) is 4.77. The van der Waals surface area contributed by atoms with Crippen molar-refractivity contribution in [3.05, 3.63) is 94.4 Å². The van der Waals surface area contributed by atoms with Crippen LogP contribution in [0.25, 0.3) is 21.8 Å². The standard InChI is InChI=1S/C26H23FN2O4/c1-2-28(15-18-8-7-9-19(27)14-18)24(30)17-33-25(31)16-29-22-12-5-3-10-20(22)26(32)21-11-4-6-13-23(21)29/h3-14H,2,15-17H2,1H3. The van der Waals surface area contributed by atoms with Crippen LogP contribution in [0.2, 0.25) is 0 Å². The molecule has 0 N–H and O–H groups in total. The third-order valence-corrected chi connectivity index (χ3v) is 5.52. The molecule has 0 atom stereocenters. The van der Waals surface area contributed by atoms with E-state index in [4.69, 9.17) is 4.74 Å². The molecule has 0 radical (unpaired) electrons. The summed E-state index contributed by atoms with van der Waals surface area (Å²) < 4.78 is 20.4. The van der Waals surface area contributed by atoms with Crippen LogP contribution in [0.1, 0.15) is 12.5 Å². The maximum absolute atomic E-state index is 13.4. The highest BCUT2D eigenvalue weighted by atomic mass is 19.1. The van der Waals surface area contributed by atoms with Crippen molar-refractivity contribution in [1.29, 1.82) is 0 Å². The van der Waals surface area contributed by atoms with E-state index in [0.29, 0.717) is 33.9 Å². The summed E-state index contributed by atoms with van der Waals surface area (Å²) in [4.78, 5) is 39.6. The zero-order valence-electron chi connectivity index (χ0n) is 18.2. The maximum atomic E-state index is 13.4. The lowest BCUT2D eigenvalue weighted by molar-refractivity contribution is -0.152. The molecule has 0 saturated heterocycles. The first-order valence-corrected chi connectivity index (χ1v) is 10.7. The summed E-state index contributed by atoms with van der Waals surface area (Å²) in [7, 11) is 0. The number of likely N-dealkylation sites (N-methyl/N-ethyl adjacent to an activating group) is 1. The number of amides is 1. The monoisotopic (exact) mass is 446 g/mol. The summed E-state index contributed by atoms with van der Waals surface area (Å²) in [5.41, 5.74) is 1.79. The SMILES string of the molecule is CCN(Cc1cccc(F)c1)C(=O)COC(=O)Cn1c2ccccc2c(=O)c2ccccc21. The van der Waals surface area contributed by atoms with Gasteiger partial charge in [0.05, 0.1) is 11.0 Å². The van der Waals surface area contributed by atoms with Crippen molar-refractivity contribution < 1.29 is 18.7 Å². The Morgan fingerprint density at radius 3 is 2.18 bits per heavy atom. The highest BCUT2D eigenvalue weighted by molar-refractivity contribution is 5.94. The molecule has 0 aliphatic heterocycles. The van der Waals surface area contributed by atoms with E-state index in [-0.39, 0.29) is 30.2 Å². The average Bonchev–Trinajstić information content (AvgIpc) is 2.83. The first-order valence-electron chi connectivity index (χ1n) is 10.7. The number of carbonyl (C=O) groups excluding carboxylic acids is 2. The van der Waals surface area contributed by atoms with Crippen molar-refractivity contribution in [2.24, 2.45) is 0 Å². The smallest absolute Gasteiger partial charge is 0.326 e. The van der Waals surface area contributed by atoms with Gasteiger partial charge in [0.25, 0.3) is 5.91 Å². The predicted octanol–water partition coefficient (Wildman–Crippen LogP) is 3.89. The molecule has 6 nitrogen and oxygen atoms in total. The van der Waals surface area contributed by atoms with Crippen LogP contribution >= 0.6 is 0 Å². The predicted molar refractivity (Wildman–Crippen MR) is 124 cm³/mol. The maximum Gasteiger partial charge on any atom is 0.326 e. The Morgan fingerprint density at radius 1 is 0.939 bits per heavy atom. The van der Waals surface area contributed by atoms with Gasteiger partial charge in [-0.05, 0) is 48.9 Å². The van der Waals surface area contributed by atoms with E-state index in [0.717, 1.165) is 0 Å². The topological polar surface area (TPSA) is 68.6 Å². The van der Waals surface area contributed by atoms with Crippen LogP contribution in [0.5, 0.6) is 0 Å². The van der Waals surface area contributed by atoms with Gasteiger partial charge >= 0.3 is 5.97 Å². The van der Waals surface area contributed by atoms with Crippen molar-refractivity contribution in [3.63, 3.8) is 0 Å². The van der Waals surface area contributed by atoms with Gasteiger partial charge in [0, 0.05) is 23.9 Å². The third-order valence-electron chi connectivity index (χ3n) is 5.52. The molecule has 33 heavy (non-hydrogen) atoms. The van der Waals surface area contributed by atoms with Crippen LogP contribution in [0.4, 0.5) is 4.39 Å². The van der Waals surface area contributed by atoms with Crippen molar-refractivity contribution in [1.82, 2.24) is 9.47 Å². The Labute approximate surface area is 189 Å². The summed E-state index contributed by atoms with van der Waals surface area (Å²) in [5.74, 6) is -1.34. The number of carbonyl (C=O) groups is 2. The Hall–Kier alpha value is -4.00. The number of ether oxygens (including phenoxy) is 1. The van der Waals surface area contributed by atoms with E-state index in [1.165, 1.54) is 17.0 Å². The number of halogens is 1. The highest BCUT2D eigenvalue weighted by Gasteiger charge is 2.17. The van der Waals surface area contributed by atoms with Crippen LogP contribution in [0.15, 0.2) is 77.6 Å². The second kappa shape index (κ2) is 9.65. The summed E-state index contributed by atoms with van der Waals surface area (Å²) in [6.07, 6.45) is 0. The second-order valence-corrected chi connectivity index (χ2v) is 7.65. The zero-order chi connectivity index (χ0) is 23.4. The number of nitrogens with zero attached hydrogens (tertiary/aromatic N) is 2. The minimum Gasteiger partial charge on any atom is -0.454 e. The number of para-hydroxylation sites is 2. The van der Waals surface area contributed by atoms with Gasteiger partial charge in [-0.15, -0.1) is 0 Å². The molecule has 0 aliphatic rings. The quantitative estimate of drug-likeness (QED) is 0.319. The number of pyridine rings is 1. The molecule has 0 aliphatic carbocycles. The number of benzene rings is 3. The molecule has 4 aromatic rings.